The third-order valence-electron chi connectivity index (χ3n) is 2.83. The Morgan fingerprint density at radius 3 is 2.30 bits per heavy atom. The van der Waals surface area contributed by atoms with Crippen LogP contribution in [0.1, 0.15) is 31.1 Å². The van der Waals surface area contributed by atoms with Gasteiger partial charge >= 0.3 is 5.97 Å². The SMILES string of the molecule is CC(C)(C)S(=O)(=O)CCS(=O)c1ccccc1C(=O)O. The van der Waals surface area contributed by atoms with Crippen LogP contribution >= 0.6 is 0 Å². The second kappa shape index (κ2) is 6.05. The number of aromatic carboxylic acids is 1. The van der Waals surface area contributed by atoms with E-state index in [2.05, 4.69) is 0 Å². The number of carbonyl (C=O) groups is 1. The Morgan fingerprint density at radius 2 is 1.80 bits per heavy atom. The van der Waals surface area contributed by atoms with Gasteiger partial charge in [0.05, 0.1) is 31.8 Å². The van der Waals surface area contributed by atoms with Crippen molar-refractivity contribution in [2.45, 2.75) is 30.4 Å². The lowest BCUT2D eigenvalue weighted by Crippen LogP contribution is -2.32. The van der Waals surface area contributed by atoms with E-state index in [4.69, 9.17) is 5.11 Å². The minimum Gasteiger partial charge on any atom is -0.478 e. The van der Waals surface area contributed by atoms with Crippen LogP contribution in [0.4, 0.5) is 0 Å². The molecule has 0 saturated carbocycles. The molecular weight excluding hydrogens is 300 g/mol. The van der Waals surface area contributed by atoms with Gasteiger partial charge in [-0.2, -0.15) is 0 Å². The normalized spacial score (nSPS) is 13.9. The summed E-state index contributed by atoms with van der Waals surface area (Å²) >= 11 is 0. The van der Waals surface area contributed by atoms with Crippen LogP contribution in [0, 0.1) is 0 Å². The second-order valence-corrected chi connectivity index (χ2v) is 9.68. The number of rotatable bonds is 5. The van der Waals surface area contributed by atoms with Gasteiger partial charge in [0, 0.05) is 5.75 Å². The summed E-state index contributed by atoms with van der Waals surface area (Å²) in [6.07, 6.45) is 0. The maximum Gasteiger partial charge on any atom is 0.336 e. The Hall–Kier alpha value is -1.21. The first-order chi connectivity index (χ1) is 9.06. The average Bonchev–Trinajstić information content (AvgIpc) is 2.34. The Bertz CT molecular complexity index is 626. The molecule has 0 aliphatic carbocycles. The van der Waals surface area contributed by atoms with Gasteiger partial charge in [-0.3, -0.25) is 4.21 Å². The van der Waals surface area contributed by atoms with Crippen molar-refractivity contribution in [1.82, 2.24) is 0 Å². The van der Waals surface area contributed by atoms with E-state index in [0.717, 1.165) is 0 Å². The largest absolute Gasteiger partial charge is 0.478 e. The quantitative estimate of drug-likeness (QED) is 0.892. The van der Waals surface area contributed by atoms with Crippen LogP contribution in [0.5, 0.6) is 0 Å². The summed E-state index contributed by atoms with van der Waals surface area (Å²) in [5, 5.41) is 9.02. The van der Waals surface area contributed by atoms with Gasteiger partial charge < -0.3 is 5.11 Å². The molecule has 20 heavy (non-hydrogen) atoms. The van der Waals surface area contributed by atoms with E-state index in [-0.39, 0.29) is 22.0 Å². The van der Waals surface area contributed by atoms with Crippen molar-refractivity contribution in [2.24, 2.45) is 0 Å². The Morgan fingerprint density at radius 1 is 1.25 bits per heavy atom. The lowest BCUT2D eigenvalue weighted by atomic mass is 10.2. The van der Waals surface area contributed by atoms with E-state index in [1.54, 1.807) is 26.8 Å². The highest BCUT2D eigenvalue weighted by Gasteiger charge is 2.29. The van der Waals surface area contributed by atoms with Crippen LogP contribution < -0.4 is 0 Å². The van der Waals surface area contributed by atoms with Crippen molar-refractivity contribution in [3.05, 3.63) is 29.8 Å². The Balaban J connectivity index is 2.92. The van der Waals surface area contributed by atoms with E-state index in [1.807, 2.05) is 0 Å². The summed E-state index contributed by atoms with van der Waals surface area (Å²) in [6.45, 7) is 4.74. The van der Waals surface area contributed by atoms with Crippen LogP contribution in [0.3, 0.4) is 0 Å². The molecule has 7 heteroatoms. The van der Waals surface area contributed by atoms with Crippen molar-refractivity contribution >= 4 is 26.6 Å². The number of sulfone groups is 1. The maximum atomic E-state index is 12.1. The summed E-state index contributed by atoms with van der Waals surface area (Å²) < 4.78 is 35.1. The standard InChI is InChI=1S/C13H18O5S2/c1-13(2,3)20(17,18)9-8-19(16)11-7-5-4-6-10(11)12(14)15/h4-7H,8-9H2,1-3H3,(H,14,15). The molecule has 1 rings (SSSR count). The van der Waals surface area contributed by atoms with Gasteiger partial charge in [-0.15, -0.1) is 0 Å². The van der Waals surface area contributed by atoms with Gasteiger partial charge in [-0.05, 0) is 32.9 Å². The molecule has 1 aromatic rings. The molecule has 0 aromatic heterocycles. The molecule has 1 N–H and O–H groups in total. The summed E-state index contributed by atoms with van der Waals surface area (Å²) in [6, 6.07) is 5.92. The van der Waals surface area contributed by atoms with E-state index < -0.39 is 31.4 Å². The van der Waals surface area contributed by atoms with Gasteiger partial charge in [0.2, 0.25) is 0 Å². The minimum absolute atomic E-state index is 0.0565. The Kier molecular flexibility index (Phi) is 5.10. The zero-order valence-electron chi connectivity index (χ0n) is 11.6. The highest BCUT2D eigenvalue weighted by Crippen LogP contribution is 2.18. The molecule has 0 heterocycles. The fraction of sp³-hybridized carbons (Fsp3) is 0.462. The van der Waals surface area contributed by atoms with Crippen LogP contribution in [-0.2, 0) is 20.6 Å². The molecule has 1 atom stereocenters. The third kappa shape index (κ3) is 3.89. The molecule has 112 valence electrons. The maximum absolute atomic E-state index is 12.1. The van der Waals surface area contributed by atoms with Gasteiger partial charge in [0.25, 0.3) is 0 Å². The van der Waals surface area contributed by atoms with Gasteiger partial charge in [-0.25, -0.2) is 13.2 Å². The highest BCUT2D eigenvalue weighted by atomic mass is 32.2. The van der Waals surface area contributed by atoms with Crippen LogP contribution in [0.2, 0.25) is 0 Å². The van der Waals surface area contributed by atoms with E-state index in [9.17, 15) is 17.4 Å². The summed E-state index contributed by atoms with van der Waals surface area (Å²) in [5.74, 6) is -1.52. The number of hydrogen-bond donors (Lipinski definition) is 1. The number of benzene rings is 1. The average molecular weight is 318 g/mol. The van der Waals surface area contributed by atoms with Crippen molar-refractivity contribution < 1.29 is 22.5 Å². The van der Waals surface area contributed by atoms with E-state index in [1.165, 1.54) is 18.2 Å². The molecule has 0 aliphatic rings. The summed E-state index contributed by atoms with van der Waals surface area (Å²) in [7, 11) is -5.03. The van der Waals surface area contributed by atoms with Crippen molar-refractivity contribution in [1.29, 1.82) is 0 Å². The molecule has 1 aromatic carbocycles. The monoisotopic (exact) mass is 318 g/mol. The lowest BCUT2D eigenvalue weighted by Gasteiger charge is -2.18. The van der Waals surface area contributed by atoms with Crippen LogP contribution in [0.25, 0.3) is 0 Å². The topological polar surface area (TPSA) is 88.5 Å². The lowest BCUT2D eigenvalue weighted by molar-refractivity contribution is 0.0693. The molecular formula is C13H18O5S2. The first-order valence-electron chi connectivity index (χ1n) is 5.99. The zero-order chi connectivity index (χ0) is 15.6. The van der Waals surface area contributed by atoms with Gasteiger partial charge in [-0.1, -0.05) is 12.1 Å². The van der Waals surface area contributed by atoms with Gasteiger partial charge in [0.1, 0.15) is 0 Å². The van der Waals surface area contributed by atoms with Crippen LogP contribution in [0.15, 0.2) is 29.2 Å². The molecule has 0 radical (unpaired) electrons. The number of carboxylic acids is 1. The zero-order valence-corrected chi connectivity index (χ0v) is 13.3. The highest BCUT2D eigenvalue weighted by molar-refractivity contribution is 7.94. The predicted octanol–water partition coefficient (Wildman–Crippen LogP) is 1.71. The van der Waals surface area contributed by atoms with Crippen molar-refractivity contribution in [3.8, 4) is 0 Å². The molecule has 0 bridgehead atoms. The first-order valence-corrected chi connectivity index (χ1v) is 8.96. The minimum atomic E-state index is -3.37. The smallest absolute Gasteiger partial charge is 0.336 e. The predicted molar refractivity (Wildman–Crippen MR) is 78.2 cm³/mol. The third-order valence-corrected chi connectivity index (χ3v) is 7.12. The fourth-order valence-corrected chi connectivity index (χ4v) is 4.39. The molecule has 0 amide bonds. The Labute approximate surface area is 121 Å². The van der Waals surface area contributed by atoms with Crippen molar-refractivity contribution in [2.75, 3.05) is 11.5 Å². The summed E-state index contributed by atoms with van der Waals surface area (Å²) in [5.41, 5.74) is -0.0565. The molecule has 5 nitrogen and oxygen atoms in total. The van der Waals surface area contributed by atoms with E-state index in [0.29, 0.717) is 0 Å². The molecule has 1 unspecified atom stereocenters. The molecule has 0 fully saturated rings. The molecule has 0 saturated heterocycles. The number of carboxylic acid groups (broad SMARTS) is 1. The van der Waals surface area contributed by atoms with E-state index >= 15 is 0 Å². The van der Waals surface area contributed by atoms with Crippen LogP contribution in [-0.4, -0.2) is 40.0 Å². The number of hydrogen-bond acceptors (Lipinski definition) is 4. The first kappa shape index (κ1) is 16.8. The summed E-state index contributed by atoms with van der Waals surface area (Å²) in [4.78, 5) is 11.2. The molecule has 0 aliphatic heterocycles. The molecule has 0 spiro atoms. The second-order valence-electron chi connectivity index (χ2n) is 5.28. The van der Waals surface area contributed by atoms with Crippen molar-refractivity contribution in [3.63, 3.8) is 0 Å². The van der Waals surface area contributed by atoms with Gasteiger partial charge in [0.15, 0.2) is 9.84 Å². The fourth-order valence-electron chi connectivity index (χ4n) is 1.44.